The lowest BCUT2D eigenvalue weighted by molar-refractivity contribution is -0.124. The number of methoxy groups -OCH3 is 1. The second-order valence-corrected chi connectivity index (χ2v) is 6.25. The molecule has 0 aromatic heterocycles. The van der Waals surface area contributed by atoms with E-state index in [1.807, 2.05) is 0 Å². The Labute approximate surface area is 141 Å². The summed E-state index contributed by atoms with van der Waals surface area (Å²) in [7, 11) is 1.30. The van der Waals surface area contributed by atoms with Gasteiger partial charge < -0.3 is 14.8 Å². The van der Waals surface area contributed by atoms with Gasteiger partial charge in [0.1, 0.15) is 6.61 Å². The number of anilines is 1. The summed E-state index contributed by atoms with van der Waals surface area (Å²) in [5.74, 6) is -0.293. The molecular formula is C17H22ClNO4. The van der Waals surface area contributed by atoms with Crippen LogP contribution in [0.3, 0.4) is 0 Å². The lowest BCUT2D eigenvalue weighted by atomic mass is 9.88. The van der Waals surface area contributed by atoms with E-state index < -0.39 is 5.97 Å². The Morgan fingerprint density at radius 1 is 1.30 bits per heavy atom. The third-order valence-electron chi connectivity index (χ3n) is 4.12. The van der Waals surface area contributed by atoms with E-state index in [2.05, 4.69) is 17.0 Å². The van der Waals surface area contributed by atoms with Gasteiger partial charge in [0.15, 0.2) is 0 Å². The number of carbonyl (C=O) groups excluding carboxylic acids is 2. The lowest BCUT2D eigenvalue weighted by Crippen LogP contribution is -2.29. The molecule has 2 rings (SSSR count). The van der Waals surface area contributed by atoms with Gasteiger partial charge in [0, 0.05) is 0 Å². The quantitative estimate of drug-likeness (QED) is 0.831. The summed E-state index contributed by atoms with van der Waals surface area (Å²) < 4.78 is 10.4. The molecular weight excluding hydrogens is 318 g/mol. The molecule has 1 aromatic carbocycles. The van der Waals surface area contributed by atoms with Crippen LogP contribution in [0, 0.1) is 5.92 Å². The highest BCUT2D eigenvalue weighted by molar-refractivity contribution is 6.33. The average molecular weight is 340 g/mol. The molecule has 0 saturated heterocycles. The van der Waals surface area contributed by atoms with E-state index >= 15 is 0 Å². The van der Waals surface area contributed by atoms with Crippen LogP contribution >= 0.6 is 11.6 Å². The van der Waals surface area contributed by atoms with Crippen LogP contribution in [0.15, 0.2) is 18.2 Å². The average Bonchev–Trinajstić information content (AvgIpc) is 2.55. The van der Waals surface area contributed by atoms with Gasteiger partial charge in [0.25, 0.3) is 0 Å². The highest BCUT2D eigenvalue weighted by Gasteiger charge is 2.22. The molecule has 0 aliphatic heterocycles. The molecule has 5 nitrogen and oxygen atoms in total. The minimum absolute atomic E-state index is 0.0201. The van der Waals surface area contributed by atoms with E-state index in [4.69, 9.17) is 16.3 Å². The van der Waals surface area contributed by atoms with Gasteiger partial charge in [-0.05, 0) is 37.0 Å². The number of rotatable bonds is 5. The SMILES string of the molecule is COC(=O)c1ccc(Cl)c(NC(=O)COC2CCCCC2C)c1. The van der Waals surface area contributed by atoms with Gasteiger partial charge in [-0.3, -0.25) is 4.79 Å². The molecule has 1 aromatic rings. The molecule has 0 radical (unpaired) electrons. The van der Waals surface area contributed by atoms with Crippen molar-refractivity contribution in [3.63, 3.8) is 0 Å². The number of carbonyl (C=O) groups is 2. The molecule has 6 heteroatoms. The zero-order valence-electron chi connectivity index (χ0n) is 13.4. The van der Waals surface area contributed by atoms with Crippen LogP contribution in [0.4, 0.5) is 5.69 Å². The number of hydrogen-bond acceptors (Lipinski definition) is 4. The third-order valence-corrected chi connectivity index (χ3v) is 4.45. The fourth-order valence-corrected chi connectivity index (χ4v) is 2.93. The maximum atomic E-state index is 12.1. The van der Waals surface area contributed by atoms with Crippen molar-refractivity contribution >= 4 is 29.2 Å². The van der Waals surface area contributed by atoms with Crippen LogP contribution in [-0.4, -0.2) is 31.7 Å². The summed E-state index contributed by atoms with van der Waals surface area (Å²) >= 11 is 6.05. The minimum Gasteiger partial charge on any atom is -0.465 e. The van der Waals surface area contributed by atoms with Gasteiger partial charge in [-0.2, -0.15) is 0 Å². The summed E-state index contributed by atoms with van der Waals surface area (Å²) in [6, 6.07) is 4.59. The van der Waals surface area contributed by atoms with E-state index in [1.54, 1.807) is 12.1 Å². The van der Waals surface area contributed by atoms with E-state index in [-0.39, 0.29) is 18.6 Å². The van der Waals surface area contributed by atoms with Crippen molar-refractivity contribution in [2.24, 2.45) is 5.92 Å². The Kier molecular flexibility index (Phi) is 6.42. The third kappa shape index (κ3) is 4.94. The molecule has 1 aliphatic rings. The number of ether oxygens (including phenoxy) is 2. The summed E-state index contributed by atoms with van der Waals surface area (Å²) in [4.78, 5) is 23.6. The van der Waals surface area contributed by atoms with E-state index in [0.29, 0.717) is 22.2 Å². The molecule has 0 spiro atoms. The standard InChI is InChI=1S/C17H22ClNO4/c1-11-5-3-4-6-15(11)23-10-16(20)19-14-9-12(17(21)22-2)7-8-13(14)18/h7-9,11,15H,3-6,10H2,1-2H3,(H,19,20). The van der Waals surface area contributed by atoms with Crippen molar-refractivity contribution in [2.45, 2.75) is 38.7 Å². The van der Waals surface area contributed by atoms with Crippen molar-refractivity contribution in [3.05, 3.63) is 28.8 Å². The van der Waals surface area contributed by atoms with Crippen LogP contribution < -0.4 is 5.32 Å². The number of amides is 1. The Morgan fingerprint density at radius 3 is 2.74 bits per heavy atom. The first-order valence-corrected chi connectivity index (χ1v) is 8.18. The van der Waals surface area contributed by atoms with Gasteiger partial charge in [0.2, 0.25) is 5.91 Å². The number of esters is 1. The fraction of sp³-hybridized carbons (Fsp3) is 0.529. The summed E-state index contributed by atoms with van der Waals surface area (Å²) in [5, 5.41) is 3.04. The lowest BCUT2D eigenvalue weighted by Gasteiger charge is -2.28. The van der Waals surface area contributed by atoms with Crippen LogP contribution in [0.2, 0.25) is 5.02 Å². The second-order valence-electron chi connectivity index (χ2n) is 5.85. The smallest absolute Gasteiger partial charge is 0.337 e. The largest absolute Gasteiger partial charge is 0.465 e. The van der Waals surface area contributed by atoms with E-state index in [1.165, 1.54) is 19.6 Å². The zero-order valence-corrected chi connectivity index (χ0v) is 14.2. The van der Waals surface area contributed by atoms with E-state index in [0.717, 1.165) is 19.3 Å². The summed E-state index contributed by atoms with van der Waals surface area (Å²) in [6.45, 7) is 2.13. The van der Waals surface area contributed by atoms with Crippen LogP contribution in [0.25, 0.3) is 0 Å². The van der Waals surface area contributed by atoms with Gasteiger partial charge in [-0.1, -0.05) is 31.4 Å². The first-order chi connectivity index (χ1) is 11.0. The maximum Gasteiger partial charge on any atom is 0.337 e. The van der Waals surface area contributed by atoms with Crippen LogP contribution in [0.1, 0.15) is 43.0 Å². The van der Waals surface area contributed by atoms with Crippen molar-refractivity contribution in [1.29, 1.82) is 0 Å². The Hall–Kier alpha value is -1.59. The highest BCUT2D eigenvalue weighted by Crippen LogP contribution is 2.27. The Balaban J connectivity index is 1.93. The van der Waals surface area contributed by atoms with Gasteiger partial charge in [-0.15, -0.1) is 0 Å². The molecule has 23 heavy (non-hydrogen) atoms. The monoisotopic (exact) mass is 339 g/mol. The number of benzene rings is 1. The molecule has 1 saturated carbocycles. The van der Waals surface area contributed by atoms with Crippen LogP contribution in [-0.2, 0) is 14.3 Å². The van der Waals surface area contributed by atoms with Crippen molar-refractivity contribution in [1.82, 2.24) is 0 Å². The number of nitrogens with one attached hydrogen (secondary N) is 1. The van der Waals surface area contributed by atoms with Gasteiger partial charge >= 0.3 is 5.97 Å². The predicted octanol–water partition coefficient (Wildman–Crippen LogP) is 3.66. The number of hydrogen-bond donors (Lipinski definition) is 1. The fourth-order valence-electron chi connectivity index (χ4n) is 2.76. The molecule has 1 aliphatic carbocycles. The molecule has 0 heterocycles. The topological polar surface area (TPSA) is 64.6 Å². The van der Waals surface area contributed by atoms with Crippen molar-refractivity contribution < 1.29 is 19.1 Å². The highest BCUT2D eigenvalue weighted by atomic mass is 35.5. The summed E-state index contributed by atoms with van der Waals surface area (Å²) in [6.07, 6.45) is 4.63. The van der Waals surface area contributed by atoms with Crippen LogP contribution in [0.5, 0.6) is 0 Å². The molecule has 2 unspecified atom stereocenters. The predicted molar refractivity (Wildman–Crippen MR) is 88.8 cm³/mol. The van der Waals surface area contributed by atoms with Crippen molar-refractivity contribution in [3.8, 4) is 0 Å². The van der Waals surface area contributed by atoms with Gasteiger partial charge in [-0.25, -0.2) is 4.79 Å². The summed E-state index contributed by atoms with van der Waals surface area (Å²) in [5.41, 5.74) is 0.703. The Bertz CT molecular complexity index is 576. The second kappa shape index (κ2) is 8.31. The number of halogens is 1. The van der Waals surface area contributed by atoms with E-state index in [9.17, 15) is 9.59 Å². The normalized spacial score (nSPS) is 20.8. The first kappa shape index (κ1) is 17.8. The minimum atomic E-state index is -0.482. The first-order valence-electron chi connectivity index (χ1n) is 7.80. The van der Waals surface area contributed by atoms with Crippen molar-refractivity contribution in [2.75, 3.05) is 19.0 Å². The molecule has 1 N–H and O–H groups in total. The molecule has 2 atom stereocenters. The zero-order chi connectivity index (χ0) is 16.8. The molecule has 0 bridgehead atoms. The van der Waals surface area contributed by atoms with Gasteiger partial charge in [0.05, 0.1) is 29.5 Å². The molecule has 1 amide bonds. The molecule has 126 valence electrons. The molecule has 1 fully saturated rings. The maximum absolute atomic E-state index is 12.1. The Morgan fingerprint density at radius 2 is 2.04 bits per heavy atom.